The van der Waals surface area contributed by atoms with Crippen LogP contribution in [0.5, 0.6) is 0 Å². The van der Waals surface area contributed by atoms with Crippen molar-refractivity contribution in [2.24, 2.45) is 0 Å². The van der Waals surface area contributed by atoms with Gasteiger partial charge >= 0.3 is 5.97 Å². The van der Waals surface area contributed by atoms with E-state index in [1.165, 1.54) is 13.4 Å². The number of carbonyl (C=O) groups excluding carboxylic acids is 1. The number of esters is 1. The molecule has 1 aromatic heterocycles. The molecule has 0 aliphatic heterocycles. The monoisotopic (exact) mass is 435 g/mol. The van der Waals surface area contributed by atoms with Gasteiger partial charge in [0.1, 0.15) is 18.2 Å². The van der Waals surface area contributed by atoms with Crippen molar-refractivity contribution in [2.75, 3.05) is 12.4 Å². The van der Waals surface area contributed by atoms with Crippen molar-refractivity contribution >= 4 is 23.9 Å². The minimum atomic E-state index is -0.550. The molecule has 5 nitrogen and oxygen atoms in total. The van der Waals surface area contributed by atoms with Crippen molar-refractivity contribution in [2.45, 2.75) is 12.5 Å². The first kappa shape index (κ1) is 22.0. The fourth-order valence-corrected chi connectivity index (χ4v) is 3.48. The minimum absolute atomic E-state index is 0.339. The average molecular weight is 436 g/mol. The number of carbonyl (C=O) groups is 1. The number of hydrogen-bond acceptors (Lipinski definition) is 5. The molecule has 1 heterocycles. The van der Waals surface area contributed by atoms with Gasteiger partial charge in [-0.15, -0.1) is 0 Å². The molecule has 0 saturated carbocycles. The van der Waals surface area contributed by atoms with Crippen LogP contribution in [0.3, 0.4) is 0 Å². The topological polar surface area (TPSA) is 64.1 Å². The van der Waals surface area contributed by atoms with Gasteiger partial charge in [-0.05, 0) is 16.7 Å². The normalized spacial score (nSPS) is 11.8. The van der Waals surface area contributed by atoms with Crippen molar-refractivity contribution in [3.05, 3.63) is 114 Å². The Morgan fingerprint density at radius 1 is 0.879 bits per heavy atom. The van der Waals surface area contributed by atoms with Crippen LogP contribution in [-0.4, -0.2) is 29.1 Å². The summed E-state index contributed by atoms with van der Waals surface area (Å²) < 4.78 is 4.99. The Labute approximate surface area is 193 Å². The highest BCUT2D eigenvalue weighted by Crippen LogP contribution is 2.21. The standard InChI is InChI=1S/C28H25N3O2/c1-33-28(32)26(18-23-10-6-3-7-11-23)31-27-19-25(29-20-30-27)24-16-14-22(15-17-24)13-12-21-8-4-2-5-9-21/h2-17,19-20,26H,18H2,1H3,(H,29,30,31)/b13-12-/t26-/m0/s1. The van der Waals surface area contributed by atoms with E-state index in [1.807, 2.05) is 66.7 Å². The number of nitrogens with one attached hydrogen (secondary N) is 1. The van der Waals surface area contributed by atoms with Gasteiger partial charge in [0.05, 0.1) is 12.8 Å². The lowest BCUT2D eigenvalue weighted by Crippen LogP contribution is -2.33. The van der Waals surface area contributed by atoms with E-state index in [0.717, 1.165) is 27.9 Å². The van der Waals surface area contributed by atoms with Crippen LogP contribution in [0.1, 0.15) is 16.7 Å². The van der Waals surface area contributed by atoms with Crippen molar-refractivity contribution in [1.29, 1.82) is 0 Å². The summed E-state index contributed by atoms with van der Waals surface area (Å²) in [5, 5.41) is 3.20. The van der Waals surface area contributed by atoms with Gasteiger partial charge in [-0.3, -0.25) is 0 Å². The summed E-state index contributed by atoms with van der Waals surface area (Å²) in [7, 11) is 1.39. The van der Waals surface area contributed by atoms with Crippen LogP contribution in [0.15, 0.2) is 97.3 Å². The van der Waals surface area contributed by atoms with Gasteiger partial charge in [0, 0.05) is 18.1 Å². The van der Waals surface area contributed by atoms with Crippen LogP contribution >= 0.6 is 0 Å². The van der Waals surface area contributed by atoms with Gasteiger partial charge in [-0.2, -0.15) is 0 Å². The third-order valence-corrected chi connectivity index (χ3v) is 5.23. The SMILES string of the molecule is COC(=O)[C@H](Cc1ccccc1)Nc1cc(-c2ccc(/C=C\c3ccccc3)cc2)ncn1. The Morgan fingerprint density at radius 2 is 1.52 bits per heavy atom. The maximum absolute atomic E-state index is 12.3. The molecule has 0 aliphatic carbocycles. The Morgan fingerprint density at radius 3 is 2.18 bits per heavy atom. The lowest BCUT2D eigenvalue weighted by atomic mass is 10.1. The molecule has 0 aliphatic rings. The second-order valence-corrected chi connectivity index (χ2v) is 7.56. The zero-order valence-electron chi connectivity index (χ0n) is 18.4. The molecule has 1 N–H and O–H groups in total. The van der Waals surface area contributed by atoms with Gasteiger partial charge in [0.2, 0.25) is 0 Å². The lowest BCUT2D eigenvalue weighted by molar-refractivity contribution is -0.141. The van der Waals surface area contributed by atoms with Crippen molar-refractivity contribution in [1.82, 2.24) is 9.97 Å². The predicted molar refractivity (Wildman–Crippen MR) is 132 cm³/mol. The van der Waals surface area contributed by atoms with E-state index in [-0.39, 0.29) is 5.97 Å². The number of benzene rings is 3. The van der Waals surface area contributed by atoms with Gasteiger partial charge < -0.3 is 10.1 Å². The highest BCUT2D eigenvalue weighted by molar-refractivity contribution is 5.79. The summed E-state index contributed by atoms with van der Waals surface area (Å²) in [5.41, 5.74) is 5.03. The quantitative estimate of drug-likeness (QED) is 0.292. The summed E-state index contributed by atoms with van der Waals surface area (Å²) in [5.74, 6) is 0.230. The molecule has 0 spiro atoms. The number of nitrogens with zero attached hydrogens (tertiary/aromatic N) is 2. The highest BCUT2D eigenvalue weighted by atomic mass is 16.5. The van der Waals surface area contributed by atoms with E-state index in [0.29, 0.717) is 12.2 Å². The third-order valence-electron chi connectivity index (χ3n) is 5.23. The molecule has 0 unspecified atom stereocenters. The van der Waals surface area contributed by atoms with Crippen LogP contribution in [0, 0.1) is 0 Å². The number of anilines is 1. The zero-order valence-corrected chi connectivity index (χ0v) is 18.4. The first-order valence-corrected chi connectivity index (χ1v) is 10.8. The van der Waals surface area contributed by atoms with Crippen LogP contribution in [0.2, 0.25) is 0 Å². The largest absolute Gasteiger partial charge is 0.467 e. The number of ether oxygens (including phenoxy) is 1. The number of rotatable bonds is 8. The van der Waals surface area contributed by atoms with E-state index in [1.54, 1.807) is 0 Å². The van der Waals surface area contributed by atoms with E-state index in [2.05, 4.69) is 51.7 Å². The van der Waals surface area contributed by atoms with E-state index >= 15 is 0 Å². The first-order valence-electron chi connectivity index (χ1n) is 10.8. The van der Waals surface area contributed by atoms with Gasteiger partial charge in [-0.25, -0.2) is 14.8 Å². The average Bonchev–Trinajstić information content (AvgIpc) is 2.88. The van der Waals surface area contributed by atoms with Crippen LogP contribution in [-0.2, 0) is 16.0 Å². The zero-order chi connectivity index (χ0) is 22.9. The second-order valence-electron chi connectivity index (χ2n) is 7.56. The van der Waals surface area contributed by atoms with E-state index in [9.17, 15) is 4.79 Å². The summed E-state index contributed by atoms with van der Waals surface area (Å²) >= 11 is 0. The molecule has 1 atom stereocenters. The van der Waals surface area contributed by atoms with E-state index < -0.39 is 6.04 Å². The number of methoxy groups -OCH3 is 1. The molecule has 0 fully saturated rings. The molecule has 4 rings (SSSR count). The summed E-state index contributed by atoms with van der Waals surface area (Å²) in [6.45, 7) is 0. The molecule has 4 aromatic rings. The highest BCUT2D eigenvalue weighted by Gasteiger charge is 2.20. The fraction of sp³-hybridized carbons (Fsp3) is 0.107. The maximum atomic E-state index is 12.3. The smallest absolute Gasteiger partial charge is 0.328 e. The Bertz CT molecular complexity index is 1210. The predicted octanol–water partition coefficient (Wildman–Crippen LogP) is 5.51. The van der Waals surface area contributed by atoms with E-state index in [4.69, 9.17) is 4.74 Å². The van der Waals surface area contributed by atoms with Gasteiger partial charge in [-0.1, -0.05) is 97.1 Å². The summed E-state index contributed by atoms with van der Waals surface area (Å²) in [4.78, 5) is 21.0. The Hall–Kier alpha value is -4.25. The molecule has 0 radical (unpaired) electrons. The van der Waals surface area contributed by atoms with Crippen molar-refractivity contribution in [3.63, 3.8) is 0 Å². The number of aromatic nitrogens is 2. The molecule has 3 aromatic carbocycles. The molecule has 0 amide bonds. The van der Waals surface area contributed by atoms with Crippen molar-refractivity contribution < 1.29 is 9.53 Å². The third kappa shape index (κ3) is 6.14. The molecular weight excluding hydrogens is 410 g/mol. The Kier molecular flexibility index (Phi) is 7.23. The van der Waals surface area contributed by atoms with Crippen LogP contribution in [0.4, 0.5) is 5.82 Å². The van der Waals surface area contributed by atoms with Crippen LogP contribution in [0.25, 0.3) is 23.4 Å². The maximum Gasteiger partial charge on any atom is 0.328 e. The fourth-order valence-electron chi connectivity index (χ4n) is 3.48. The molecular formula is C28H25N3O2. The molecule has 0 saturated heterocycles. The molecule has 33 heavy (non-hydrogen) atoms. The summed E-state index contributed by atoms with van der Waals surface area (Å²) in [6.07, 6.45) is 6.16. The second kappa shape index (κ2) is 10.9. The van der Waals surface area contributed by atoms with Crippen molar-refractivity contribution in [3.8, 4) is 11.3 Å². The Balaban J connectivity index is 1.48. The summed E-state index contributed by atoms with van der Waals surface area (Å²) in [6, 6.07) is 29.5. The molecule has 0 bridgehead atoms. The van der Waals surface area contributed by atoms with Gasteiger partial charge in [0.15, 0.2) is 0 Å². The first-order chi connectivity index (χ1) is 16.2. The lowest BCUT2D eigenvalue weighted by Gasteiger charge is -2.17. The molecule has 5 heteroatoms. The van der Waals surface area contributed by atoms with Gasteiger partial charge in [0.25, 0.3) is 0 Å². The minimum Gasteiger partial charge on any atom is -0.467 e. The number of hydrogen-bond donors (Lipinski definition) is 1. The van der Waals surface area contributed by atoms with Crippen LogP contribution < -0.4 is 5.32 Å². The molecule has 164 valence electrons.